The van der Waals surface area contributed by atoms with Crippen molar-refractivity contribution in [3.8, 4) is 5.69 Å². The lowest BCUT2D eigenvalue weighted by Gasteiger charge is -2.23. The highest BCUT2D eigenvalue weighted by atomic mass is 32.1. The summed E-state index contributed by atoms with van der Waals surface area (Å²) in [6.07, 6.45) is 1.88. The second-order valence-electron chi connectivity index (χ2n) is 5.86. The Morgan fingerprint density at radius 3 is 2.74 bits per heavy atom. The molecule has 1 aromatic carbocycles. The van der Waals surface area contributed by atoms with Gasteiger partial charge in [-0.05, 0) is 48.4 Å². The highest BCUT2D eigenvalue weighted by Crippen LogP contribution is 2.22. The predicted molar refractivity (Wildman–Crippen MR) is 93.9 cm³/mol. The summed E-state index contributed by atoms with van der Waals surface area (Å²) in [7, 11) is 0. The number of hydrogen-bond acceptors (Lipinski definition) is 4. The number of benzene rings is 1. The topological polar surface area (TPSA) is 50.1 Å². The molecule has 120 valence electrons. The van der Waals surface area contributed by atoms with Gasteiger partial charge in [-0.25, -0.2) is 4.98 Å². The SMILES string of the molecule is Cc1ncc(CNCC(C)(O)c2ccsc2)n1-c1ccccc1. The van der Waals surface area contributed by atoms with Gasteiger partial charge in [-0.2, -0.15) is 11.3 Å². The van der Waals surface area contributed by atoms with E-state index in [4.69, 9.17) is 0 Å². The van der Waals surface area contributed by atoms with Crippen LogP contribution in [0.5, 0.6) is 0 Å². The molecule has 0 saturated carbocycles. The largest absolute Gasteiger partial charge is 0.384 e. The third-order valence-electron chi connectivity index (χ3n) is 3.94. The molecule has 1 unspecified atom stereocenters. The van der Waals surface area contributed by atoms with Gasteiger partial charge in [-0.3, -0.25) is 4.57 Å². The third-order valence-corrected chi connectivity index (χ3v) is 4.63. The van der Waals surface area contributed by atoms with Crippen molar-refractivity contribution in [3.05, 3.63) is 70.4 Å². The standard InChI is InChI=1S/C18H21N3OS/c1-14-20-11-17(21(14)16-6-4-3-5-7-16)10-19-13-18(2,22)15-8-9-23-12-15/h3-9,11-12,19,22H,10,13H2,1-2H3. The molecule has 3 aromatic rings. The van der Waals surface area contributed by atoms with Crippen LogP contribution in [0.2, 0.25) is 0 Å². The summed E-state index contributed by atoms with van der Waals surface area (Å²) in [6, 6.07) is 12.1. The van der Waals surface area contributed by atoms with Gasteiger partial charge in [0, 0.05) is 18.8 Å². The minimum Gasteiger partial charge on any atom is -0.384 e. The molecule has 0 saturated heterocycles. The summed E-state index contributed by atoms with van der Waals surface area (Å²) in [5, 5.41) is 17.9. The van der Waals surface area contributed by atoms with Crippen molar-refractivity contribution in [3.63, 3.8) is 0 Å². The van der Waals surface area contributed by atoms with E-state index in [-0.39, 0.29) is 0 Å². The number of hydrogen-bond donors (Lipinski definition) is 2. The summed E-state index contributed by atoms with van der Waals surface area (Å²) in [4.78, 5) is 4.42. The molecule has 0 bridgehead atoms. The van der Waals surface area contributed by atoms with Crippen molar-refractivity contribution in [1.29, 1.82) is 0 Å². The molecule has 3 rings (SSSR count). The van der Waals surface area contributed by atoms with Gasteiger partial charge in [0.05, 0.1) is 17.5 Å². The lowest BCUT2D eigenvalue weighted by Crippen LogP contribution is -2.35. The number of nitrogens with zero attached hydrogens (tertiary/aromatic N) is 2. The van der Waals surface area contributed by atoms with Crippen molar-refractivity contribution in [1.82, 2.24) is 14.9 Å². The molecular formula is C18H21N3OS. The lowest BCUT2D eigenvalue weighted by atomic mass is 9.99. The first kappa shape index (κ1) is 15.9. The minimum absolute atomic E-state index is 0.489. The minimum atomic E-state index is -0.868. The second-order valence-corrected chi connectivity index (χ2v) is 6.64. The highest BCUT2D eigenvalue weighted by Gasteiger charge is 2.23. The first-order valence-electron chi connectivity index (χ1n) is 7.62. The molecule has 0 aliphatic rings. The fraction of sp³-hybridized carbons (Fsp3) is 0.278. The summed E-state index contributed by atoms with van der Waals surface area (Å²) >= 11 is 1.60. The van der Waals surface area contributed by atoms with Crippen LogP contribution >= 0.6 is 11.3 Å². The molecule has 0 fully saturated rings. The predicted octanol–water partition coefficient (Wildman–Crippen LogP) is 3.24. The third kappa shape index (κ3) is 3.52. The average Bonchev–Trinajstić information content (AvgIpc) is 3.19. The molecule has 0 spiro atoms. The Morgan fingerprint density at radius 1 is 1.26 bits per heavy atom. The van der Waals surface area contributed by atoms with Crippen LogP contribution in [0.3, 0.4) is 0 Å². The van der Waals surface area contributed by atoms with E-state index in [2.05, 4.69) is 27.0 Å². The van der Waals surface area contributed by atoms with E-state index in [0.29, 0.717) is 13.1 Å². The van der Waals surface area contributed by atoms with Crippen molar-refractivity contribution in [2.45, 2.75) is 26.0 Å². The maximum atomic E-state index is 10.6. The monoisotopic (exact) mass is 327 g/mol. The molecule has 23 heavy (non-hydrogen) atoms. The molecule has 4 nitrogen and oxygen atoms in total. The Bertz CT molecular complexity index is 748. The van der Waals surface area contributed by atoms with Gasteiger partial charge in [-0.15, -0.1) is 0 Å². The number of thiophene rings is 1. The Kier molecular flexibility index (Phi) is 4.61. The van der Waals surface area contributed by atoms with Gasteiger partial charge in [0.1, 0.15) is 5.82 Å². The summed E-state index contributed by atoms with van der Waals surface area (Å²) in [5.74, 6) is 0.956. The van der Waals surface area contributed by atoms with Crippen LogP contribution in [-0.4, -0.2) is 21.2 Å². The summed E-state index contributed by atoms with van der Waals surface area (Å²) in [5.41, 5.74) is 2.26. The molecule has 2 aromatic heterocycles. The van der Waals surface area contributed by atoms with Crippen molar-refractivity contribution in [2.24, 2.45) is 0 Å². The molecule has 2 heterocycles. The van der Waals surface area contributed by atoms with E-state index >= 15 is 0 Å². The van der Waals surface area contributed by atoms with Crippen molar-refractivity contribution < 1.29 is 5.11 Å². The zero-order chi connectivity index (χ0) is 16.3. The first-order valence-corrected chi connectivity index (χ1v) is 8.56. The van der Waals surface area contributed by atoms with Gasteiger partial charge in [0.15, 0.2) is 0 Å². The van der Waals surface area contributed by atoms with Gasteiger partial charge < -0.3 is 10.4 Å². The van der Waals surface area contributed by atoms with Crippen LogP contribution in [0, 0.1) is 6.92 Å². The normalized spacial score (nSPS) is 13.9. The Morgan fingerprint density at radius 2 is 2.04 bits per heavy atom. The van der Waals surface area contributed by atoms with Crippen LogP contribution < -0.4 is 5.32 Å². The van der Waals surface area contributed by atoms with E-state index in [1.165, 1.54) is 0 Å². The lowest BCUT2D eigenvalue weighted by molar-refractivity contribution is 0.0570. The number of nitrogens with one attached hydrogen (secondary N) is 1. The number of rotatable bonds is 6. The smallest absolute Gasteiger partial charge is 0.110 e. The van der Waals surface area contributed by atoms with Crippen LogP contribution in [-0.2, 0) is 12.1 Å². The van der Waals surface area contributed by atoms with Gasteiger partial charge in [-0.1, -0.05) is 18.2 Å². The van der Waals surface area contributed by atoms with E-state index in [0.717, 1.165) is 22.8 Å². The second kappa shape index (κ2) is 6.66. The fourth-order valence-electron chi connectivity index (χ4n) is 2.65. The van der Waals surface area contributed by atoms with E-state index < -0.39 is 5.60 Å². The zero-order valence-corrected chi connectivity index (χ0v) is 14.2. The molecule has 0 amide bonds. The Hall–Kier alpha value is -1.95. The maximum Gasteiger partial charge on any atom is 0.110 e. The van der Waals surface area contributed by atoms with E-state index in [9.17, 15) is 5.11 Å². The van der Waals surface area contributed by atoms with Gasteiger partial charge >= 0.3 is 0 Å². The van der Waals surface area contributed by atoms with Gasteiger partial charge in [0.25, 0.3) is 0 Å². The van der Waals surface area contributed by atoms with Crippen molar-refractivity contribution >= 4 is 11.3 Å². The number of aliphatic hydroxyl groups is 1. The molecule has 5 heteroatoms. The highest BCUT2D eigenvalue weighted by molar-refractivity contribution is 7.08. The molecule has 0 aliphatic carbocycles. The fourth-order valence-corrected chi connectivity index (χ4v) is 3.44. The Labute approximate surface area is 140 Å². The molecule has 1 atom stereocenters. The number of imidazole rings is 1. The Balaban J connectivity index is 1.70. The number of para-hydroxylation sites is 1. The van der Waals surface area contributed by atoms with Crippen molar-refractivity contribution in [2.75, 3.05) is 6.54 Å². The average molecular weight is 327 g/mol. The van der Waals surface area contributed by atoms with Gasteiger partial charge in [0.2, 0.25) is 0 Å². The van der Waals surface area contributed by atoms with Crippen LogP contribution in [0.1, 0.15) is 24.0 Å². The van der Waals surface area contributed by atoms with E-state index in [1.54, 1.807) is 11.3 Å². The molecular weight excluding hydrogens is 306 g/mol. The van der Waals surface area contributed by atoms with E-state index in [1.807, 2.05) is 55.1 Å². The number of aromatic nitrogens is 2. The quantitative estimate of drug-likeness (QED) is 0.731. The van der Waals surface area contributed by atoms with Crippen LogP contribution in [0.4, 0.5) is 0 Å². The summed E-state index contributed by atoms with van der Waals surface area (Å²) in [6.45, 7) is 4.97. The molecule has 0 radical (unpaired) electrons. The first-order chi connectivity index (χ1) is 11.1. The van der Waals surface area contributed by atoms with Crippen LogP contribution in [0.15, 0.2) is 53.4 Å². The maximum absolute atomic E-state index is 10.6. The molecule has 2 N–H and O–H groups in total. The summed E-state index contributed by atoms with van der Waals surface area (Å²) < 4.78 is 2.13. The van der Waals surface area contributed by atoms with Crippen LogP contribution in [0.25, 0.3) is 5.69 Å². The zero-order valence-electron chi connectivity index (χ0n) is 13.4. The number of aryl methyl sites for hydroxylation is 1. The molecule has 0 aliphatic heterocycles.